The van der Waals surface area contributed by atoms with Gasteiger partial charge in [-0.2, -0.15) is 0 Å². The van der Waals surface area contributed by atoms with E-state index in [0.717, 1.165) is 25.1 Å². The molecule has 0 aliphatic heterocycles. The van der Waals surface area contributed by atoms with Gasteiger partial charge >= 0.3 is 0 Å². The summed E-state index contributed by atoms with van der Waals surface area (Å²) in [6, 6.07) is 0.739. The van der Waals surface area contributed by atoms with Crippen LogP contribution in [0.1, 0.15) is 40.0 Å². The Bertz CT molecular complexity index is 134. The lowest BCUT2D eigenvalue weighted by atomic mass is 10.1. The summed E-state index contributed by atoms with van der Waals surface area (Å²) in [5, 5.41) is 3.59. The number of hydrogen-bond acceptors (Lipinski definition) is 2. The predicted molar refractivity (Wildman–Crippen MR) is 55.9 cm³/mol. The normalized spacial score (nSPS) is 21.5. The molecule has 1 fully saturated rings. The average Bonchev–Trinajstić information content (AvgIpc) is 2.90. The van der Waals surface area contributed by atoms with Gasteiger partial charge in [0.1, 0.15) is 0 Å². The van der Waals surface area contributed by atoms with Crippen LogP contribution in [-0.2, 0) is 4.74 Å². The average molecular weight is 185 g/mol. The highest BCUT2D eigenvalue weighted by Crippen LogP contribution is 2.33. The van der Waals surface area contributed by atoms with Gasteiger partial charge in [-0.15, -0.1) is 0 Å². The Hall–Kier alpha value is -0.0800. The van der Waals surface area contributed by atoms with Gasteiger partial charge in [-0.05, 0) is 39.0 Å². The molecule has 1 aliphatic carbocycles. The first-order chi connectivity index (χ1) is 6.27. The second-order valence-electron chi connectivity index (χ2n) is 4.03. The fourth-order valence-corrected chi connectivity index (χ4v) is 1.80. The monoisotopic (exact) mass is 185 g/mol. The number of rotatable bonds is 7. The molecular weight excluding hydrogens is 162 g/mol. The van der Waals surface area contributed by atoms with Crippen molar-refractivity contribution in [1.82, 2.24) is 5.32 Å². The first-order valence-electron chi connectivity index (χ1n) is 5.62. The van der Waals surface area contributed by atoms with Gasteiger partial charge in [0.2, 0.25) is 0 Å². The van der Waals surface area contributed by atoms with Crippen molar-refractivity contribution in [2.24, 2.45) is 5.92 Å². The van der Waals surface area contributed by atoms with Crippen molar-refractivity contribution in [3.8, 4) is 0 Å². The Morgan fingerprint density at radius 1 is 1.38 bits per heavy atom. The molecule has 2 heteroatoms. The largest absolute Gasteiger partial charge is 0.377 e. The molecule has 0 spiro atoms. The van der Waals surface area contributed by atoms with E-state index in [-0.39, 0.29) is 0 Å². The fraction of sp³-hybridized carbons (Fsp3) is 1.00. The van der Waals surface area contributed by atoms with Crippen molar-refractivity contribution in [3.05, 3.63) is 0 Å². The highest BCUT2D eigenvalue weighted by atomic mass is 16.5. The second-order valence-corrected chi connectivity index (χ2v) is 4.03. The summed E-state index contributed by atoms with van der Waals surface area (Å²) in [6.45, 7) is 8.28. The van der Waals surface area contributed by atoms with E-state index in [1.165, 1.54) is 19.3 Å². The molecule has 0 bridgehead atoms. The van der Waals surface area contributed by atoms with Gasteiger partial charge in [0, 0.05) is 19.2 Å². The molecule has 1 aliphatic rings. The Balaban J connectivity index is 2.07. The van der Waals surface area contributed by atoms with Crippen LogP contribution in [0.15, 0.2) is 0 Å². The molecule has 2 atom stereocenters. The summed E-state index contributed by atoms with van der Waals surface area (Å²) in [5.74, 6) is 0.957. The van der Waals surface area contributed by atoms with Crippen LogP contribution in [0.3, 0.4) is 0 Å². The minimum atomic E-state index is 0.359. The van der Waals surface area contributed by atoms with E-state index in [0.29, 0.717) is 6.10 Å². The van der Waals surface area contributed by atoms with E-state index >= 15 is 0 Å². The lowest BCUT2D eigenvalue weighted by molar-refractivity contribution is 0.0732. The van der Waals surface area contributed by atoms with E-state index in [1.807, 2.05) is 0 Å². The number of ether oxygens (including phenoxy) is 1. The molecule has 1 saturated carbocycles. The highest BCUT2D eigenvalue weighted by molar-refractivity contribution is 4.85. The second kappa shape index (κ2) is 5.61. The Labute approximate surface area is 82.0 Å². The van der Waals surface area contributed by atoms with Crippen molar-refractivity contribution in [1.29, 1.82) is 0 Å². The molecular formula is C11H23NO. The van der Waals surface area contributed by atoms with Crippen molar-refractivity contribution >= 4 is 0 Å². The third-order valence-electron chi connectivity index (χ3n) is 2.75. The van der Waals surface area contributed by atoms with Crippen LogP contribution in [0.2, 0.25) is 0 Å². The molecule has 0 aromatic heterocycles. The molecule has 2 unspecified atom stereocenters. The third kappa shape index (κ3) is 4.10. The first-order valence-corrected chi connectivity index (χ1v) is 5.62. The molecule has 0 saturated heterocycles. The third-order valence-corrected chi connectivity index (χ3v) is 2.75. The topological polar surface area (TPSA) is 21.3 Å². The lowest BCUT2D eigenvalue weighted by Gasteiger charge is -2.19. The van der Waals surface area contributed by atoms with Crippen LogP contribution in [-0.4, -0.2) is 25.3 Å². The summed E-state index contributed by atoms with van der Waals surface area (Å²) in [4.78, 5) is 0. The molecule has 0 radical (unpaired) electrons. The molecule has 1 N–H and O–H groups in total. The Kier molecular flexibility index (Phi) is 4.74. The van der Waals surface area contributed by atoms with Gasteiger partial charge in [-0.1, -0.05) is 6.92 Å². The quantitative estimate of drug-likeness (QED) is 0.656. The molecule has 0 amide bonds. The molecule has 0 heterocycles. The zero-order chi connectivity index (χ0) is 9.68. The van der Waals surface area contributed by atoms with Gasteiger partial charge in [0.05, 0.1) is 6.10 Å². The minimum absolute atomic E-state index is 0.359. The molecule has 0 aromatic rings. The summed E-state index contributed by atoms with van der Waals surface area (Å²) < 4.78 is 5.47. The van der Waals surface area contributed by atoms with Gasteiger partial charge < -0.3 is 10.1 Å². The molecule has 2 nitrogen and oxygen atoms in total. The molecule has 78 valence electrons. The van der Waals surface area contributed by atoms with E-state index in [2.05, 4.69) is 26.1 Å². The predicted octanol–water partition coefficient (Wildman–Crippen LogP) is 2.19. The smallest absolute Gasteiger partial charge is 0.0671 e. The van der Waals surface area contributed by atoms with Crippen molar-refractivity contribution in [2.45, 2.75) is 52.2 Å². The standard InChI is InChI=1S/C11H23NO/c1-4-11(10-6-7-10)12-8-9(3)13-5-2/h9-12H,4-8H2,1-3H3. The van der Waals surface area contributed by atoms with Crippen molar-refractivity contribution < 1.29 is 4.74 Å². The van der Waals surface area contributed by atoms with Gasteiger partial charge in [-0.3, -0.25) is 0 Å². The van der Waals surface area contributed by atoms with Crippen LogP contribution >= 0.6 is 0 Å². The summed E-state index contributed by atoms with van der Waals surface area (Å²) in [5.41, 5.74) is 0. The minimum Gasteiger partial charge on any atom is -0.377 e. The Morgan fingerprint density at radius 2 is 2.08 bits per heavy atom. The van der Waals surface area contributed by atoms with Crippen LogP contribution in [0.25, 0.3) is 0 Å². The number of nitrogens with one attached hydrogen (secondary N) is 1. The molecule has 13 heavy (non-hydrogen) atoms. The van der Waals surface area contributed by atoms with Gasteiger partial charge in [0.25, 0.3) is 0 Å². The summed E-state index contributed by atoms with van der Waals surface area (Å²) in [7, 11) is 0. The van der Waals surface area contributed by atoms with Crippen molar-refractivity contribution in [2.75, 3.05) is 13.2 Å². The lowest BCUT2D eigenvalue weighted by Crippen LogP contribution is -2.36. The zero-order valence-corrected chi connectivity index (χ0v) is 9.18. The number of hydrogen-bond donors (Lipinski definition) is 1. The van der Waals surface area contributed by atoms with Gasteiger partial charge in [0.15, 0.2) is 0 Å². The van der Waals surface area contributed by atoms with Crippen molar-refractivity contribution in [3.63, 3.8) is 0 Å². The Morgan fingerprint density at radius 3 is 2.54 bits per heavy atom. The van der Waals surface area contributed by atoms with E-state index in [9.17, 15) is 0 Å². The maximum absolute atomic E-state index is 5.47. The van der Waals surface area contributed by atoms with E-state index in [1.54, 1.807) is 0 Å². The zero-order valence-electron chi connectivity index (χ0n) is 9.18. The summed E-state index contributed by atoms with van der Waals surface area (Å²) >= 11 is 0. The maximum Gasteiger partial charge on any atom is 0.0671 e. The highest BCUT2D eigenvalue weighted by Gasteiger charge is 2.29. The van der Waals surface area contributed by atoms with Crippen LogP contribution < -0.4 is 5.32 Å². The van der Waals surface area contributed by atoms with Crippen LogP contribution in [0.5, 0.6) is 0 Å². The van der Waals surface area contributed by atoms with Crippen LogP contribution in [0, 0.1) is 5.92 Å². The van der Waals surface area contributed by atoms with E-state index < -0.39 is 0 Å². The SMILES string of the molecule is CCOC(C)CNC(CC)C1CC1. The molecule has 1 rings (SSSR count). The van der Waals surface area contributed by atoms with Crippen LogP contribution in [0.4, 0.5) is 0 Å². The van der Waals surface area contributed by atoms with Gasteiger partial charge in [-0.25, -0.2) is 0 Å². The first kappa shape index (κ1) is 11.0. The fourth-order valence-electron chi connectivity index (χ4n) is 1.80. The summed E-state index contributed by atoms with van der Waals surface area (Å²) in [6.07, 6.45) is 4.46. The van der Waals surface area contributed by atoms with E-state index in [4.69, 9.17) is 4.74 Å². The molecule has 0 aromatic carbocycles. The maximum atomic E-state index is 5.47.